The van der Waals surface area contributed by atoms with E-state index in [0.29, 0.717) is 19.3 Å². The van der Waals surface area contributed by atoms with Gasteiger partial charge in [-0.25, -0.2) is 0 Å². The first-order valence-electron chi connectivity index (χ1n) is 11.0. The van der Waals surface area contributed by atoms with Crippen LogP contribution in [0.2, 0.25) is 0 Å². The van der Waals surface area contributed by atoms with E-state index in [2.05, 4.69) is 22.9 Å². The van der Waals surface area contributed by atoms with E-state index in [1.54, 1.807) is 0 Å². The molecule has 4 fully saturated rings. The highest BCUT2D eigenvalue weighted by molar-refractivity contribution is 9.10. The molecule has 1 N–H and O–H groups in total. The lowest BCUT2D eigenvalue weighted by Gasteiger charge is -2.60. The number of aliphatic hydroxyl groups is 1. The molecule has 8 atom stereocenters. The maximum absolute atomic E-state index is 13.6. The van der Waals surface area contributed by atoms with Crippen molar-refractivity contribution in [3.8, 4) is 0 Å². The van der Waals surface area contributed by atoms with Gasteiger partial charge in [-0.1, -0.05) is 29.8 Å². The van der Waals surface area contributed by atoms with Crippen molar-refractivity contribution in [1.82, 2.24) is 0 Å². The summed E-state index contributed by atoms with van der Waals surface area (Å²) >= 11 is 3.61. The molecule has 6 nitrogen and oxygen atoms in total. The van der Waals surface area contributed by atoms with Crippen LogP contribution in [0.5, 0.6) is 0 Å². The summed E-state index contributed by atoms with van der Waals surface area (Å²) in [5.41, 5.74) is -2.72. The first kappa shape index (κ1) is 22.1. The van der Waals surface area contributed by atoms with E-state index >= 15 is 0 Å². The van der Waals surface area contributed by atoms with E-state index in [1.807, 2.05) is 6.92 Å². The molecule has 0 aromatic heterocycles. The molecule has 0 radical (unpaired) electrons. The number of hydrogen-bond donors (Lipinski definition) is 1. The summed E-state index contributed by atoms with van der Waals surface area (Å²) in [5.74, 6) is -0.522. The van der Waals surface area contributed by atoms with Crippen LogP contribution in [0.1, 0.15) is 65.7 Å². The van der Waals surface area contributed by atoms with E-state index in [4.69, 9.17) is 4.74 Å². The maximum atomic E-state index is 13.6. The molecule has 4 saturated carbocycles. The molecule has 0 aliphatic heterocycles. The van der Waals surface area contributed by atoms with Crippen molar-refractivity contribution >= 4 is 39.2 Å². The Morgan fingerprint density at radius 2 is 1.80 bits per heavy atom. The lowest BCUT2D eigenvalue weighted by atomic mass is 9.44. The van der Waals surface area contributed by atoms with Crippen molar-refractivity contribution in [2.75, 3.05) is 6.61 Å². The summed E-state index contributed by atoms with van der Waals surface area (Å²) in [5, 5.41) is 11.5. The zero-order chi connectivity index (χ0) is 22.1. The zero-order valence-corrected chi connectivity index (χ0v) is 19.5. The molecule has 4 aliphatic rings. The van der Waals surface area contributed by atoms with Crippen molar-refractivity contribution in [2.24, 2.45) is 34.5 Å². The van der Waals surface area contributed by atoms with Crippen molar-refractivity contribution in [3.63, 3.8) is 0 Å². The Labute approximate surface area is 185 Å². The Kier molecular flexibility index (Phi) is 5.33. The first-order valence-corrected chi connectivity index (χ1v) is 12.0. The van der Waals surface area contributed by atoms with E-state index in [1.165, 1.54) is 6.92 Å². The summed E-state index contributed by atoms with van der Waals surface area (Å²) in [6.07, 6.45) is 4.07. The summed E-state index contributed by atoms with van der Waals surface area (Å²) in [6.45, 7) is 4.82. The molecule has 0 spiro atoms. The Bertz CT molecular complexity index is 810. The Hall–Kier alpha value is -1.08. The predicted molar refractivity (Wildman–Crippen MR) is 112 cm³/mol. The molecule has 4 rings (SSSR count). The molecular weight excluding hydrogens is 452 g/mol. The number of Topliss-reactive ketones (excluding diaryl/α,β-unsaturated/α-hetero) is 3. The van der Waals surface area contributed by atoms with Crippen LogP contribution in [0.4, 0.5) is 0 Å². The Morgan fingerprint density at radius 3 is 2.47 bits per heavy atom. The molecule has 0 saturated heterocycles. The second kappa shape index (κ2) is 7.22. The number of rotatable bonds is 3. The summed E-state index contributed by atoms with van der Waals surface area (Å²) in [7, 11) is 0. The van der Waals surface area contributed by atoms with Gasteiger partial charge in [0.05, 0.1) is 4.83 Å². The fourth-order valence-corrected chi connectivity index (χ4v) is 8.76. The third-order valence-corrected chi connectivity index (χ3v) is 10.4. The van der Waals surface area contributed by atoms with Crippen LogP contribution in [-0.4, -0.2) is 45.5 Å². The third-order valence-electron chi connectivity index (χ3n) is 9.22. The van der Waals surface area contributed by atoms with Gasteiger partial charge in [-0.3, -0.25) is 19.2 Å². The molecule has 0 aromatic carbocycles. The Balaban J connectivity index is 1.65. The van der Waals surface area contributed by atoms with Crippen molar-refractivity contribution < 1.29 is 29.0 Å². The summed E-state index contributed by atoms with van der Waals surface area (Å²) < 4.78 is 4.88. The molecule has 0 heterocycles. The maximum Gasteiger partial charge on any atom is 0.303 e. The van der Waals surface area contributed by atoms with E-state index in [0.717, 1.165) is 19.3 Å². The second-order valence-electron chi connectivity index (χ2n) is 10.5. The number of esters is 1. The first-order chi connectivity index (χ1) is 14.0. The SMILES string of the molecule is CC(=O)OCC(=O)[C@@]1(O)CC[C@H]2[C@@H]3CC[C@H]4[C@@H](Br)C(=O)CC[C@]4(C)[C@H]3C(=O)C[C@@]21C. The van der Waals surface area contributed by atoms with Crippen LogP contribution in [0.25, 0.3) is 0 Å². The largest absolute Gasteiger partial charge is 0.458 e. The van der Waals surface area contributed by atoms with Gasteiger partial charge in [0.1, 0.15) is 17.2 Å². The van der Waals surface area contributed by atoms with Gasteiger partial charge in [0.25, 0.3) is 0 Å². The van der Waals surface area contributed by atoms with Crippen LogP contribution < -0.4 is 0 Å². The molecule has 0 unspecified atom stereocenters. The Morgan fingerprint density at radius 1 is 1.10 bits per heavy atom. The van der Waals surface area contributed by atoms with Gasteiger partial charge in [-0.05, 0) is 55.3 Å². The van der Waals surface area contributed by atoms with Crippen LogP contribution >= 0.6 is 15.9 Å². The number of carbonyl (C=O) groups is 4. The van der Waals surface area contributed by atoms with Crippen LogP contribution in [-0.2, 0) is 23.9 Å². The highest BCUT2D eigenvalue weighted by Gasteiger charge is 2.69. The number of ether oxygens (including phenoxy) is 1. The number of fused-ring (bicyclic) bond motifs is 5. The van der Waals surface area contributed by atoms with Gasteiger partial charge in [-0.15, -0.1) is 0 Å². The van der Waals surface area contributed by atoms with E-state index < -0.39 is 29.4 Å². The number of alkyl halides is 1. The van der Waals surface area contributed by atoms with Gasteiger partial charge >= 0.3 is 5.97 Å². The smallest absolute Gasteiger partial charge is 0.303 e. The molecule has 0 aromatic rings. The number of ketones is 3. The van der Waals surface area contributed by atoms with Crippen LogP contribution in [0, 0.1) is 34.5 Å². The minimum absolute atomic E-state index is 0.0654. The quantitative estimate of drug-likeness (QED) is 0.490. The standard InChI is InChI=1S/C23H31BrO6/c1-12(25)30-11-18(28)23(29)9-6-14-13-4-5-15-20(24)16(26)7-8-21(15,2)19(13)17(27)10-22(14,23)3/h13-15,19-20,29H,4-11H2,1-3H3/t13-,14-,15-,19+,20+,21-,22-,23-/m0/s1. The van der Waals surface area contributed by atoms with Gasteiger partial charge < -0.3 is 9.84 Å². The van der Waals surface area contributed by atoms with Crippen molar-refractivity contribution in [1.29, 1.82) is 0 Å². The highest BCUT2D eigenvalue weighted by atomic mass is 79.9. The minimum atomic E-state index is -1.65. The van der Waals surface area contributed by atoms with Gasteiger partial charge in [-0.2, -0.15) is 0 Å². The lowest BCUT2D eigenvalue weighted by molar-refractivity contribution is -0.179. The fraction of sp³-hybridized carbons (Fsp3) is 0.826. The molecule has 7 heteroatoms. The molecule has 0 bridgehead atoms. The molecule has 166 valence electrons. The monoisotopic (exact) mass is 482 g/mol. The zero-order valence-electron chi connectivity index (χ0n) is 17.9. The van der Waals surface area contributed by atoms with Crippen LogP contribution in [0.15, 0.2) is 0 Å². The van der Waals surface area contributed by atoms with Crippen molar-refractivity contribution in [3.05, 3.63) is 0 Å². The highest BCUT2D eigenvalue weighted by Crippen LogP contribution is 2.67. The third kappa shape index (κ3) is 2.90. The van der Waals surface area contributed by atoms with E-state index in [9.17, 15) is 24.3 Å². The van der Waals surface area contributed by atoms with Crippen LogP contribution in [0.3, 0.4) is 0 Å². The predicted octanol–water partition coefficient (Wildman–Crippen LogP) is 3.01. The van der Waals surface area contributed by atoms with Gasteiger partial charge in [0.2, 0.25) is 5.78 Å². The number of hydrogen-bond acceptors (Lipinski definition) is 6. The average molecular weight is 483 g/mol. The minimum Gasteiger partial charge on any atom is -0.458 e. The average Bonchev–Trinajstić information content (AvgIpc) is 2.94. The van der Waals surface area contributed by atoms with Gasteiger partial charge in [0, 0.05) is 31.1 Å². The normalized spacial score (nSPS) is 47.8. The molecule has 4 aliphatic carbocycles. The number of carbonyl (C=O) groups excluding carboxylic acids is 4. The topological polar surface area (TPSA) is 97.7 Å². The fourth-order valence-electron chi connectivity index (χ4n) is 7.66. The molecule has 30 heavy (non-hydrogen) atoms. The molecular formula is C23H31BrO6. The van der Waals surface area contributed by atoms with Crippen molar-refractivity contribution in [2.45, 2.75) is 76.1 Å². The lowest BCUT2D eigenvalue weighted by Crippen LogP contribution is -2.63. The van der Waals surface area contributed by atoms with Gasteiger partial charge in [0.15, 0.2) is 6.61 Å². The summed E-state index contributed by atoms with van der Waals surface area (Å²) in [6, 6.07) is 0. The molecule has 0 amide bonds. The second-order valence-corrected chi connectivity index (χ2v) is 11.5. The van der Waals surface area contributed by atoms with E-state index in [-0.39, 0.29) is 51.9 Å². The summed E-state index contributed by atoms with van der Waals surface area (Å²) in [4.78, 5) is 49.7. The number of halogens is 1.